The van der Waals surface area contributed by atoms with E-state index in [1.165, 1.54) is 6.07 Å². The monoisotopic (exact) mass is 286 g/mol. The van der Waals surface area contributed by atoms with Gasteiger partial charge in [-0.3, -0.25) is 5.84 Å². The van der Waals surface area contributed by atoms with Crippen LogP contribution in [0, 0.1) is 12.7 Å². The number of hydrogen-bond donors (Lipinski definition) is 2. The molecule has 110 valence electrons. The lowest BCUT2D eigenvalue weighted by Crippen LogP contribution is -2.30. The summed E-state index contributed by atoms with van der Waals surface area (Å²) in [4.78, 5) is 0. The van der Waals surface area contributed by atoms with Crippen LogP contribution in [0.5, 0.6) is 5.75 Å². The molecule has 0 amide bonds. The van der Waals surface area contributed by atoms with E-state index in [4.69, 9.17) is 10.6 Å². The summed E-state index contributed by atoms with van der Waals surface area (Å²) in [5.41, 5.74) is 6.32. The van der Waals surface area contributed by atoms with E-state index in [-0.39, 0.29) is 5.82 Å². The fourth-order valence-electron chi connectivity index (χ4n) is 2.87. The van der Waals surface area contributed by atoms with E-state index in [0.717, 1.165) is 35.3 Å². The zero-order valence-electron chi connectivity index (χ0n) is 12.0. The van der Waals surface area contributed by atoms with Crippen LogP contribution >= 0.6 is 0 Å². The lowest BCUT2D eigenvalue weighted by Gasteiger charge is -2.25. The van der Waals surface area contributed by atoms with Crippen LogP contribution < -0.4 is 16.0 Å². The van der Waals surface area contributed by atoms with Crippen LogP contribution in [-0.4, -0.2) is 6.61 Å². The maximum atomic E-state index is 14.2. The SMILES string of the molecule is Cc1ccc(F)c(C(NN)c2cccc3c2OCCC3)c1. The van der Waals surface area contributed by atoms with Gasteiger partial charge in [0.15, 0.2) is 0 Å². The summed E-state index contributed by atoms with van der Waals surface area (Å²) >= 11 is 0. The molecule has 0 saturated heterocycles. The Morgan fingerprint density at radius 2 is 2.10 bits per heavy atom. The zero-order chi connectivity index (χ0) is 14.8. The number of aryl methyl sites for hydroxylation is 2. The van der Waals surface area contributed by atoms with Crippen LogP contribution in [0.4, 0.5) is 4.39 Å². The third kappa shape index (κ3) is 2.64. The van der Waals surface area contributed by atoms with E-state index in [2.05, 4.69) is 11.5 Å². The number of hydrazine groups is 1. The molecule has 1 atom stereocenters. The molecular weight excluding hydrogens is 267 g/mol. The number of fused-ring (bicyclic) bond motifs is 1. The standard InChI is InChI=1S/C17H19FN2O/c1-11-7-8-15(18)14(10-11)16(20-19)13-6-2-4-12-5-3-9-21-17(12)13/h2,4,6-8,10,16,20H,3,5,9,19H2,1H3. The average molecular weight is 286 g/mol. The van der Waals surface area contributed by atoms with Gasteiger partial charge >= 0.3 is 0 Å². The zero-order valence-corrected chi connectivity index (χ0v) is 12.0. The molecule has 2 aromatic rings. The molecule has 0 fully saturated rings. The van der Waals surface area contributed by atoms with Crippen molar-refractivity contribution < 1.29 is 9.13 Å². The first-order chi connectivity index (χ1) is 10.2. The second kappa shape index (κ2) is 5.84. The van der Waals surface area contributed by atoms with Gasteiger partial charge in [-0.1, -0.05) is 35.9 Å². The predicted octanol–water partition coefficient (Wildman–Crippen LogP) is 3.01. The molecule has 1 unspecified atom stereocenters. The molecule has 1 aliphatic heterocycles. The van der Waals surface area contributed by atoms with Crippen molar-refractivity contribution in [1.82, 2.24) is 5.43 Å². The molecule has 0 radical (unpaired) electrons. The molecule has 3 N–H and O–H groups in total. The molecule has 3 rings (SSSR count). The highest BCUT2D eigenvalue weighted by molar-refractivity contribution is 5.48. The number of rotatable bonds is 3. The highest BCUT2D eigenvalue weighted by atomic mass is 19.1. The van der Waals surface area contributed by atoms with Crippen molar-refractivity contribution in [2.24, 2.45) is 5.84 Å². The summed E-state index contributed by atoms with van der Waals surface area (Å²) in [7, 11) is 0. The topological polar surface area (TPSA) is 47.3 Å². The first-order valence-electron chi connectivity index (χ1n) is 7.17. The minimum absolute atomic E-state index is 0.267. The van der Waals surface area contributed by atoms with Crippen LogP contribution in [-0.2, 0) is 6.42 Å². The van der Waals surface area contributed by atoms with Crippen LogP contribution in [0.15, 0.2) is 36.4 Å². The Morgan fingerprint density at radius 1 is 1.24 bits per heavy atom. The van der Waals surface area contributed by atoms with Gasteiger partial charge < -0.3 is 4.74 Å². The van der Waals surface area contributed by atoms with Gasteiger partial charge in [-0.2, -0.15) is 0 Å². The molecule has 0 bridgehead atoms. The molecule has 21 heavy (non-hydrogen) atoms. The molecule has 3 nitrogen and oxygen atoms in total. The summed E-state index contributed by atoms with van der Waals surface area (Å²) in [6.07, 6.45) is 1.99. The van der Waals surface area contributed by atoms with Crippen LogP contribution in [0.1, 0.15) is 34.7 Å². The van der Waals surface area contributed by atoms with Crippen molar-refractivity contribution >= 4 is 0 Å². The molecule has 4 heteroatoms. The molecule has 0 spiro atoms. The first-order valence-corrected chi connectivity index (χ1v) is 7.17. The number of hydrogen-bond acceptors (Lipinski definition) is 3. The van der Waals surface area contributed by atoms with Crippen LogP contribution in [0.2, 0.25) is 0 Å². The summed E-state index contributed by atoms with van der Waals surface area (Å²) in [5, 5.41) is 0. The molecule has 1 heterocycles. The maximum absolute atomic E-state index is 14.2. The largest absolute Gasteiger partial charge is 0.493 e. The lowest BCUT2D eigenvalue weighted by atomic mass is 9.93. The van der Waals surface area contributed by atoms with Gasteiger partial charge in [0.1, 0.15) is 11.6 Å². The third-order valence-electron chi connectivity index (χ3n) is 3.90. The van der Waals surface area contributed by atoms with E-state index in [1.807, 2.05) is 25.1 Å². The van der Waals surface area contributed by atoms with Gasteiger partial charge in [0.2, 0.25) is 0 Å². The molecule has 0 aliphatic carbocycles. The van der Waals surface area contributed by atoms with Gasteiger partial charge in [0, 0.05) is 11.1 Å². The van der Waals surface area contributed by atoms with Gasteiger partial charge in [-0.15, -0.1) is 0 Å². The second-order valence-corrected chi connectivity index (χ2v) is 5.41. The Labute approximate surface area is 123 Å². The molecule has 0 aromatic heterocycles. The normalized spacial score (nSPS) is 15.2. The maximum Gasteiger partial charge on any atom is 0.128 e. The van der Waals surface area contributed by atoms with Crippen molar-refractivity contribution in [3.63, 3.8) is 0 Å². The van der Waals surface area contributed by atoms with Crippen molar-refractivity contribution in [2.45, 2.75) is 25.8 Å². The fourth-order valence-corrected chi connectivity index (χ4v) is 2.87. The molecular formula is C17H19FN2O. The predicted molar refractivity (Wildman–Crippen MR) is 80.6 cm³/mol. The minimum atomic E-state index is -0.419. The average Bonchev–Trinajstić information content (AvgIpc) is 2.51. The van der Waals surface area contributed by atoms with Crippen molar-refractivity contribution in [2.75, 3.05) is 6.61 Å². The Balaban J connectivity index is 2.10. The van der Waals surface area contributed by atoms with Crippen LogP contribution in [0.3, 0.4) is 0 Å². The van der Waals surface area contributed by atoms with Crippen LogP contribution in [0.25, 0.3) is 0 Å². The number of ether oxygens (including phenoxy) is 1. The Kier molecular flexibility index (Phi) is 3.90. The quantitative estimate of drug-likeness (QED) is 0.673. The third-order valence-corrected chi connectivity index (χ3v) is 3.90. The van der Waals surface area contributed by atoms with E-state index in [0.29, 0.717) is 12.2 Å². The Morgan fingerprint density at radius 3 is 2.90 bits per heavy atom. The molecule has 2 aromatic carbocycles. The van der Waals surface area contributed by atoms with Gasteiger partial charge in [0.25, 0.3) is 0 Å². The molecule has 1 aliphatic rings. The van der Waals surface area contributed by atoms with Crippen molar-refractivity contribution in [3.8, 4) is 5.75 Å². The highest BCUT2D eigenvalue weighted by Crippen LogP contribution is 2.36. The van der Waals surface area contributed by atoms with E-state index in [1.54, 1.807) is 6.07 Å². The first kappa shape index (κ1) is 14.0. The van der Waals surface area contributed by atoms with Crippen molar-refractivity contribution in [1.29, 1.82) is 0 Å². The number of nitrogens with two attached hydrogens (primary N) is 1. The summed E-state index contributed by atoms with van der Waals surface area (Å²) in [6.45, 7) is 2.63. The Hall–Kier alpha value is -1.91. The van der Waals surface area contributed by atoms with Crippen molar-refractivity contribution in [3.05, 3.63) is 64.5 Å². The highest BCUT2D eigenvalue weighted by Gasteiger charge is 2.23. The summed E-state index contributed by atoms with van der Waals surface area (Å²) < 4.78 is 20.0. The van der Waals surface area contributed by atoms with E-state index < -0.39 is 6.04 Å². The number of para-hydroxylation sites is 1. The number of nitrogens with one attached hydrogen (secondary N) is 1. The second-order valence-electron chi connectivity index (χ2n) is 5.41. The van der Waals surface area contributed by atoms with Gasteiger partial charge in [-0.05, 0) is 31.4 Å². The van der Waals surface area contributed by atoms with E-state index >= 15 is 0 Å². The summed E-state index contributed by atoms with van der Waals surface area (Å²) in [5.74, 6) is 6.29. The molecule has 0 saturated carbocycles. The number of halogens is 1. The number of benzene rings is 2. The van der Waals surface area contributed by atoms with Gasteiger partial charge in [0.05, 0.1) is 12.6 Å². The minimum Gasteiger partial charge on any atom is -0.493 e. The smallest absolute Gasteiger partial charge is 0.128 e. The fraction of sp³-hybridized carbons (Fsp3) is 0.294. The Bertz CT molecular complexity index is 657. The lowest BCUT2D eigenvalue weighted by molar-refractivity contribution is 0.283. The van der Waals surface area contributed by atoms with Gasteiger partial charge in [-0.25, -0.2) is 9.82 Å². The van der Waals surface area contributed by atoms with E-state index in [9.17, 15) is 4.39 Å². The summed E-state index contributed by atoms with van der Waals surface area (Å²) in [6, 6.07) is 10.6.